The normalized spacial score (nSPS) is 13.5. The van der Waals surface area contributed by atoms with E-state index in [1.165, 1.54) is 13.0 Å². The molecule has 1 aliphatic heterocycles. The lowest BCUT2D eigenvalue weighted by molar-refractivity contribution is -0.127. The van der Waals surface area contributed by atoms with Gasteiger partial charge in [-0.3, -0.25) is 14.6 Å². The van der Waals surface area contributed by atoms with Crippen molar-refractivity contribution in [2.45, 2.75) is 20.3 Å². The summed E-state index contributed by atoms with van der Waals surface area (Å²) in [6, 6.07) is 14.1. The number of allylic oxidation sites excluding steroid dienone is 1. The number of rotatable bonds is 7. The number of carbonyl (C=O) groups is 1. The maximum absolute atomic E-state index is 12.7. The van der Waals surface area contributed by atoms with E-state index in [0.29, 0.717) is 36.7 Å². The lowest BCUT2D eigenvalue weighted by Gasteiger charge is -2.15. The van der Waals surface area contributed by atoms with E-state index in [1.807, 2.05) is 31.2 Å². The van der Waals surface area contributed by atoms with Gasteiger partial charge in [-0.15, -0.1) is 0 Å². The third kappa shape index (κ3) is 4.79. The molecule has 9 nitrogen and oxygen atoms in total. The van der Waals surface area contributed by atoms with Gasteiger partial charge in [-0.2, -0.15) is 0 Å². The van der Waals surface area contributed by atoms with Gasteiger partial charge in [0.05, 0.1) is 23.3 Å². The predicted molar refractivity (Wildman–Crippen MR) is 132 cm³/mol. The number of ether oxygens (including phenoxy) is 1. The Kier molecular flexibility index (Phi) is 6.68. The minimum Gasteiger partial charge on any atom is -0.494 e. The van der Waals surface area contributed by atoms with E-state index >= 15 is 0 Å². The number of fused-ring (bicyclic) bond motifs is 1. The molecule has 1 aromatic heterocycles. The predicted octanol–water partition coefficient (Wildman–Crippen LogP) is 1.32. The van der Waals surface area contributed by atoms with E-state index in [4.69, 9.17) is 4.74 Å². The molecule has 2 heterocycles. The van der Waals surface area contributed by atoms with Gasteiger partial charge < -0.3 is 14.7 Å². The molecule has 2 N–H and O–H groups in total. The Balaban J connectivity index is 1.82. The van der Waals surface area contributed by atoms with E-state index in [1.54, 1.807) is 36.2 Å². The highest BCUT2D eigenvalue weighted by Crippen LogP contribution is 2.25. The van der Waals surface area contributed by atoms with Crippen LogP contribution in [0.3, 0.4) is 0 Å². The van der Waals surface area contributed by atoms with Gasteiger partial charge in [0.1, 0.15) is 11.3 Å². The van der Waals surface area contributed by atoms with Crippen LogP contribution in [0.4, 0.5) is 0 Å². The topological polar surface area (TPSA) is 117 Å². The number of aromatic hydroxyl groups is 1. The Labute approximate surface area is 201 Å². The van der Waals surface area contributed by atoms with Gasteiger partial charge in [0, 0.05) is 25.7 Å². The van der Waals surface area contributed by atoms with Crippen molar-refractivity contribution in [3.05, 3.63) is 91.2 Å². The zero-order chi connectivity index (χ0) is 25.1. The summed E-state index contributed by atoms with van der Waals surface area (Å²) < 4.78 is 6.45. The third-order valence-electron chi connectivity index (χ3n) is 5.82. The van der Waals surface area contributed by atoms with Crippen LogP contribution in [0.25, 0.3) is 17.3 Å². The highest BCUT2D eigenvalue weighted by molar-refractivity contribution is 5.77. The minimum absolute atomic E-state index is 0.0594. The Morgan fingerprint density at radius 3 is 2.57 bits per heavy atom. The maximum atomic E-state index is 12.7. The fourth-order valence-corrected chi connectivity index (χ4v) is 3.88. The molecule has 0 radical (unpaired) electrons. The molecule has 0 aliphatic carbocycles. The number of aromatic amines is 1. The van der Waals surface area contributed by atoms with Gasteiger partial charge >= 0.3 is 5.69 Å². The number of hydrogen-bond acceptors (Lipinski definition) is 6. The first-order valence-corrected chi connectivity index (χ1v) is 11.2. The van der Waals surface area contributed by atoms with Gasteiger partial charge in [0.15, 0.2) is 0 Å². The van der Waals surface area contributed by atoms with Crippen molar-refractivity contribution in [3.63, 3.8) is 0 Å². The van der Waals surface area contributed by atoms with Gasteiger partial charge in [-0.05, 0) is 55.3 Å². The molecule has 35 heavy (non-hydrogen) atoms. The zero-order valence-electron chi connectivity index (χ0n) is 19.7. The first-order valence-electron chi connectivity index (χ1n) is 11.2. The van der Waals surface area contributed by atoms with Crippen LogP contribution in [0.2, 0.25) is 0 Å². The fraction of sp³-hybridized carbons (Fsp3) is 0.231. The quantitative estimate of drug-likeness (QED) is 0.536. The number of amides is 1. The van der Waals surface area contributed by atoms with Crippen LogP contribution >= 0.6 is 0 Å². The van der Waals surface area contributed by atoms with Crippen LogP contribution in [-0.2, 0) is 4.79 Å². The van der Waals surface area contributed by atoms with Gasteiger partial charge in [0.25, 0.3) is 5.56 Å². The Bertz CT molecular complexity index is 1550. The molecule has 0 atom stereocenters. The smallest absolute Gasteiger partial charge is 0.335 e. The third-order valence-corrected chi connectivity index (χ3v) is 5.82. The summed E-state index contributed by atoms with van der Waals surface area (Å²) in [7, 11) is 1.72. The molecule has 0 saturated heterocycles. The van der Waals surface area contributed by atoms with Gasteiger partial charge in [-0.1, -0.05) is 18.2 Å². The number of nitrogens with zero attached hydrogens (tertiary/aromatic N) is 3. The van der Waals surface area contributed by atoms with Gasteiger partial charge in [-0.25, -0.2) is 14.4 Å². The van der Waals surface area contributed by atoms with E-state index < -0.39 is 17.1 Å². The molecule has 4 rings (SSSR count). The summed E-state index contributed by atoms with van der Waals surface area (Å²) in [5, 5.41) is 12.6. The summed E-state index contributed by atoms with van der Waals surface area (Å²) in [6.07, 6.45) is 1.97. The zero-order valence-corrected chi connectivity index (χ0v) is 19.7. The molecule has 2 aromatic carbocycles. The van der Waals surface area contributed by atoms with Crippen molar-refractivity contribution in [2.24, 2.45) is 4.99 Å². The molecule has 0 bridgehead atoms. The largest absolute Gasteiger partial charge is 0.494 e. The maximum Gasteiger partial charge on any atom is 0.335 e. The van der Waals surface area contributed by atoms with Crippen LogP contribution in [0.5, 0.6) is 11.6 Å². The standard InChI is InChI=1S/C26H26N4O5/c1-4-35-18-11-9-17(10-12-18)30-25(33)21(24(32)28-26(30)34)15-23-20(13-14-29(3)16(2)31)19-7-5-6-8-22(19)27-23/h5-12,15,33H,4,13-14H2,1-3H3,(H,28,32,34)/b23-15-. The van der Waals surface area contributed by atoms with Gasteiger partial charge in [0.2, 0.25) is 11.8 Å². The average Bonchev–Trinajstić information content (AvgIpc) is 3.18. The van der Waals surface area contributed by atoms with Crippen LogP contribution < -0.4 is 26.6 Å². The van der Waals surface area contributed by atoms with Crippen LogP contribution in [0.15, 0.2) is 68.8 Å². The van der Waals surface area contributed by atoms with Crippen molar-refractivity contribution in [3.8, 4) is 17.3 Å². The fourth-order valence-electron chi connectivity index (χ4n) is 3.88. The molecule has 0 spiro atoms. The first-order chi connectivity index (χ1) is 16.8. The number of carbonyl (C=O) groups excluding carboxylic acids is 1. The second-order valence-corrected chi connectivity index (χ2v) is 8.09. The molecule has 9 heteroatoms. The molecule has 0 unspecified atom stereocenters. The van der Waals surface area contributed by atoms with Crippen LogP contribution in [0, 0.1) is 0 Å². The molecule has 180 valence electrons. The van der Waals surface area contributed by atoms with Crippen molar-refractivity contribution < 1.29 is 14.6 Å². The van der Waals surface area contributed by atoms with E-state index in [-0.39, 0.29) is 11.5 Å². The summed E-state index contributed by atoms with van der Waals surface area (Å²) >= 11 is 0. The number of aromatic nitrogens is 2. The minimum atomic E-state index is -0.766. The first kappa shape index (κ1) is 23.7. The summed E-state index contributed by atoms with van der Waals surface area (Å²) in [5.41, 5.74) is 0.103. The monoisotopic (exact) mass is 474 g/mol. The highest BCUT2D eigenvalue weighted by Gasteiger charge is 2.19. The lowest BCUT2D eigenvalue weighted by atomic mass is 10.1. The Morgan fingerprint density at radius 2 is 1.89 bits per heavy atom. The summed E-state index contributed by atoms with van der Waals surface area (Å²) in [5.74, 6) is 0.0606. The number of benzene rings is 2. The molecule has 1 aliphatic rings. The Morgan fingerprint density at radius 1 is 1.17 bits per heavy atom. The van der Waals surface area contributed by atoms with Crippen LogP contribution in [-0.4, -0.2) is 45.7 Å². The lowest BCUT2D eigenvalue weighted by Crippen LogP contribution is -2.30. The Hall–Kier alpha value is -4.40. The van der Waals surface area contributed by atoms with E-state index in [0.717, 1.165) is 20.7 Å². The molecule has 0 fully saturated rings. The van der Waals surface area contributed by atoms with Crippen LogP contribution in [0.1, 0.15) is 25.8 Å². The number of H-pyrrole nitrogens is 1. The van der Waals surface area contributed by atoms with Crippen molar-refractivity contribution in [1.29, 1.82) is 0 Å². The number of hydrogen-bond donors (Lipinski definition) is 2. The number of nitrogens with one attached hydrogen (secondary N) is 1. The van der Waals surface area contributed by atoms with E-state index in [9.17, 15) is 19.5 Å². The number of para-hydroxylation sites is 1. The highest BCUT2D eigenvalue weighted by atomic mass is 16.5. The van der Waals surface area contributed by atoms with E-state index in [2.05, 4.69) is 9.98 Å². The van der Waals surface area contributed by atoms with Crippen molar-refractivity contribution in [2.75, 3.05) is 20.2 Å². The molecular formula is C26H26N4O5. The second-order valence-electron chi connectivity index (χ2n) is 8.09. The summed E-state index contributed by atoms with van der Waals surface area (Å²) in [6.45, 7) is 4.31. The molecule has 0 saturated carbocycles. The summed E-state index contributed by atoms with van der Waals surface area (Å²) in [4.78, 5) is 45.5. The SMILES string of the molecule is CCOc1ccc(-n2c(O)c(/C=C3\N=c4ccccc4=C3CCN(C)C(C)=O)c(=O)[nH]c2=O)cc1. The molecule has 3 aromatic rings. The average molecular weight is 475 g/mol. The van der Waals surface area contributed by atoms with Crippen molar-refractivity contribution in [1.82, 2.24) is 14.5 Å². The molecule has 1 amide bonds. The molecular weight excluding hydrogens is 448 g/mol. The van der Waals surface area contributed by atoms with Crippen molar-refractivity contribution >= 4 is 17.6 Å². The second kappa shape index (κ2) is 9.84.